The molecule has 1 saturated heterocycles. The minimum Gasteiger partial charge on any atom is -0.377 e. The van der Waals surface area contributed by atoms with E-state index in [1.54, 1.807) is 0 Å². The van der Waals surface area contributed by atoms with Gasteiger partial charge in [-0.1, -0.05) is 77.0 Å². The van der Waals surface area contributed by atoms with Gasteiger partial charge >= 0.3 is 0 Å². The predicted molar refractivity (Wildman–Crippen MR) is 189 cm³/mol. The molecule has 0 N–H and O–H groups in total. The van der Waals surface area contributed by atoms with Crippen molar-refractivity contribution in [2.45, 2.75) is 140 Å². The highest BCUT2D eigenvalue weighted by Gasteiger charge is 2.66. The molecular weight excluding hydrogens is 608 g/mol. The predicted octanol–water partition coefficient (Wildman–Crippen LogP) is 7.93. The summed E-state index contributed by atoms with van der Waals surface area (Å²) >= 11 is 0. The summed E-state index contributed by atoms with van der Waals surface area (Å²) in [7, 11) is 0. The van der Waals surface area contributed by atoms with E-state index in [1.165, 1.54) is 128 Å². The molecule has 1 heterocycles. The molecule has 280 valence electrons. The zero-order valence-electron chi connectivity index (χ0n) is 30.6. The fourth-order valence-corrected chi connectivity index (χ4v) is 10.5. The van der Waals surface area contributed by atoms with Crippen LogP contribution < -0.4 is 0 Å². The Morgan fingerprint density at radius 3 is 0.625 bits per heavy atom. The van der Waals surface area contributed by atoms with Crippen LogP contribution >= 0.6 is 0 Å². The topological polar surface area (TPSA) is 73.8 Å². The Kier molecular flexibility index (Phi) is 18.3. The SMILES string of the molecule is C1CCC(C2(C3CCCCC3)OCCOCCOCCOCCOCCOCCOCCOC2(C2CCCCC2)C2CCCCC2)CC1. The van der Waals surface area contributed by atoms with Crippen molar-refractivity contribution in [2.75, 3.05) is 92.5 Å². The van der Waals surface area contributed by atoms with Crippen molar-refractivity contribution in [3.8, 4) is 0 Å². The van der Waals surface area contributed by atoms with Gasteiger partial charge in [-0.2, -0.15) is 0 Å². The summed E-state index contributed by atoms with van der Waals surface area (Å²) in [5, 5.41) is 0. The second-order valence-electron chi connectivity index (χ2n) is 15.3. The first kappa shape index (κ1) is 38.9. The van der Waals surface area contributed by atoms with E-state index < -0.39 is 0 Å². The van der Waals surface area contributed by atoms with Crippen molar-refractivity contribution >= 4 is 0 Å². The van der Waals surface area contributed by atoms with Crippen LogP contribution in [0, 0.1) is 23.7 Å². The molecule has 0 atom stereocenters. The summed E-state index contributed by atoms with van der Waals surface area (Å²) < 4.78 is 50.9. The van der Waals surface area contributed by atoms with E-state index in [2.05, 4.69) is 0 Å². The minimum atomic E-state index is -0.286. The van der Waals surface area contributed by atoms with Crippen LogP contribution in [0.1, 0.15) is 128 Å². The van der Waals surface area contributed by atoms with Crippen LogP contribution in [-0.2, 0) is 37.9 Å². The summed E-state index contributed by atoms with van der Waals surface area (Å²) in [6.07, 6.45) is 26.2. The largest absolute Gasteiger partial charge is 0.377 e. The Labute approximate surface area is 293 Å². The van der Waals surface area contributed by atoms with E-state index in [0.717, 1.165) is 0 Å². The maximum Gasteiger partial charge on any atom is 0.103 e. The first-order valence-electron chi connectivity index (χ1n) is 20.6. The molecule has 4 saturated carbocycles. The standard InChI is InChI=1S/C40H72O8/c1-5-13-35(14-6-1)39(36-15-7-2-8-16-36)40(37-17-9-3-10-18-37,38-19-11-4-12-20-38)48-34-32-46-30-28-44-26-24-42-22-21-41-23-25-43-27-29-45-31-33-47-39/h35-38H,1-34H2. The van der Waals surface area contributed by atoms with Gasteiger partial charge < -0.3 is 37.9 Å². The summed E-state index contributed by atoms with van der Waals surface area (Å²) in [5.74, 6) is 2.15. The molecule has 0 unspecified atom stereocenters. The van der Waals surface area contributed by atoms with Crippen molar-refractivity contribution in [3.05, 3.63) is 0 Å². The lowest BCUT2D eigenvalue weighted by atomic mass is 9.50. The third-order valence-corrected chi connectivity index (χ3v) is 12.5. The molecule has 4 aliphatic carbocycles. The lowest BCUT2D eigenvalue weighted by molar-refractivity contribution is -0.312. The van der Waals surface area contributed by atoms with Gasteiger partial charge in [0.25, 0.3) is 0 Å². The van der Waals surface area contributed by atoms with Gasteiger partial charge in [0, 0.05) is 0 Å². The van der Waals surface area contributed by atoms with Crippen molar-refractivity contribution in [3.63, 3.8) is 0 Å². The van der Waals surface area contributed by atoms with Gasteiger partial charge in [0.1, 0.15) is 11.2 Å². The molecule has 1 aliphatic heterocycles. The van der Waals surface area contributed by atoms with E-state index in [-0.39, 0.29) is 11.2 Å². The molecule has 0 radical (unpaired) electrons. The van der Waals surface area contributed by atoms with E-state index in [4.69, 9.17) is 37.9 Å². The van der Waals surface area contributed by atoms with Gasteiger partial charge in [0.15, 0.2) is 0 Å². The smallest absolute Gasteiger partial charge is 0.103 e. The first-order chi connectivity index (χ1) is 23.9. The Morgan fingerprint density at radius 1 is 0.229 bits per heavy atom. The molecule has 0 aromatic carbocycles. The third kappa shape index (κ3) is 10.8. The third-order valence-electron chi connectivity index (χ3n) is 12.5. The average molecular weight is 681 g/mol. The molecular formula is C40H72O8. The van der Waals surface area contributed by atoms with Crippen molar-refractivity contribution in [2.24, 2.45) is 23.7 Å². The molecule has 0 spiro atoms. The lowest BCUT2D eigenvalue weighted by Gasteiger charge is -2.64. The van der Waals surface area contributed by atoms with Crippen LogP contribution in [0.15, 0.2) is 0 Å². The molecule has 0 amide bonds. The summed E-state index contributed by atoms with van der Waals surface area (Å²) in [5.41, 5.74) is -0.572. The summed E-state index contributed by atoms with van der Waals surface area (Å²) in [6.45, 7) is 8.17. The van der Waals surface area contributed by atoms with Crippen LogP contribution in [0.25, 0.3) is 0 Å². The highest BCUT2D eigenvalue weighted by molar-refractivity contribution is 5.16. The minimum absolute atomic E-state index is 0.286. The lowest BCUT2D eigenvalue weighted by Crippen LogP contribution is -2.72. The molecule has 0 aromatic rings. The van der Waals surface area contributed by atoms with Crippen LogP contribution in [0.4, 0.5) is 0 Å². The van der Waals surface area contributed by atoms with Crippen LogP contribution in [0.5, 0.6) is 0 Å². The van der Waals surface area contributed by atoms with Gasteiger partial charge in [0.2, 0.25) is 0 Å². The van der Waals surface area contributed by atoms with Crippen LogP contribution in [0.2, 0.25) is 0 Å². The van der Waals surface area contributed by atoms with Gasteiger partial charge in [0.05, 0.1) is 92.5 Å². The highest BCUT2D eigenvalue weighted by Crippen LogP contribution is 2.61. The second kappa shape index (κ2) is 22.6. The molecule has 5 rings (SSSR count). The number of rotatable bonds is 4. The molecule has 5 fully saturated rings. The highest BCUT2D eigenvalue weighted by atomic mass is 16.6. The molecule has 0 bridgehead atoms. The van der Waals surface area contributed by atoms with Crippen molar-refractivity contribution in [1.82, 2.24) is 0 Å². The molecule has 5 aliphatic rings. The van der Waals surface area contributed by atoms with E-state index in [9.17, 15) is 0 Å². The summed E-state index contributed by atoms with van der Waals surface area (Å²) in [6, 6.07) is 0. The Hall–Kier alpha value is -0.320. The number of ether oxygens (including phenoxy) is 8. The van der Waals surface area contributed by atoms with E-state index in [1.807, 2.05) is 0 Å². The van der Waals surface area contributed by atoms with Gasteiger partial charge in [-0.05, 0) is 75.0 Å². The molecule has 8 heteroatoms. The average Bonchev–Trinajstić information content (AvgIpc) is 3.15. The summed E-state index contributed by atoms with van der Waals surface area (Å²) in [4.78, 5) is 0. The molecule has 0 aromatic heterocycles. The monoisotopic (exact) mass is 681 g/mol. The second-order valence-corrected chi connectivity index (χ2v) is 15.3. The fraction of sp³-hybridized carbons (Fsp3) is 1.00. The maximum absolute atomic E-state index is 7.79. The van der Waals surface area contributed by atoms with E-state index >= 15 is 0 Å². The van der Waals surface area contributed by atoms with Gasteiger partial charge in [-0.25, -0.2) is 0 Å². The Balaban J connectivity index is 1.45. The normalized spacial score (nSPS) is 29.5. The van der Waals surface area contributed by atoms with Gasteiger partial charge in [-0.15, -0.1) is 0 Å². The zero-order valence-corrected chi connectivity index (χ0v) is 30.6. The fourth-order valence-electron chi connectivity index (χ4n) is 10.5. The van der Waals surface area contributed by atoms with E-state index in [0.29, 0.717) is 116 Å². The van der Waals surface area contributed by atoms with Gasteiger partial charge in [-0.3, -0.25) is 0 Å². The number of hydrogen-bond acceptors (Lipinski definition) is 8. The van der Waals surface area contributed by atoms with Crippen molar-refractivity contribution in [1.29, 1.82) is 0 Å². The maximum atomic E-state index is 7.79. The number of hydrogen-bond donors (Lipinski definition) is 0. The van der Waals surface area contributed by atoms with Crippen LogP contribution in [-0.4, -0.2) is 104 Å². The first-order valence-corrected chi connectivity index (χ1v) is 20.6. The Morgan fingerprint density at radius 2 is 0.417 bits per heavy atom. The zero-order chi connectivity index (χ0) is 33.0. The van der Waals surface area contributed by atoms with Crippen molar-refractivity contribution < 1.29 is 37.9 Å². The Bertz CT molecular complexity index is 699. The quantitative estimate of drug-likeness (QED) is 0.297. The van der Waals surface area contributed by atoms with Crippen LogP contribution in [0.3, 0.4) is 0 Å². The molecule has 8 nitrogen and oxygen atoms in total. The molecule has 48 heavy (non-hydrogen) atoms.